The smallest absolute Gasteiger partial charge is 0.252 e. The first-order valence-corrected chi connectivity index (χ1v) is 8.61. The first-order valence-electron chi connectivity index (χ1n) is 8.61. The lowest BCUT2D eigenvalue weighted by atomic mass is 10.1. The zero-order valence-electron chi connectivity index (χ0n) is 14.1. The summed E-state index contributed by atoms with van der Waals surface area (Å²) in [5.41, 5.74) is 1.76. The summed E-state index contributed by atoms with van der Waals surface area (Å²) in [4.78, 5) is 19.7. The third kappa shape index (κ3) is 3.77. The van der Waals surface area contributed by atoms with Gasteiger partial charge in [0.2, 0.25) is 0 Å². The number of hydrogen-bond donors (Lipinski definition) is 2. The van der Waals surface area contributed by atoms with Crippen molar-refractivity contribution in [2.45, 2.75) is 25.2 Å². The van der Waals surface area contributed by atoms with Crippen LogP contribution in [0.15, 0.2) is 42.6 Å². The van der Waals surface area contributed by atoms with E-state index in [1.165, 1.54) is 31.2 Å². The van der Waals surface area contributed by atoms with E-state index in [0.29, 0.717) is 35.7 Å². The molecule has 0 spiro atoms. The van der Waals surface area contributed by atoms with Gasteiger partial charge in [0.25, 0.3) is 5.91 Å². The van der Waals surface area contributed by atoms with Gasteiger partial charge in [-0.2, -0.15) is 0 Å². The Morgan fingerprint density at radius 3 is 2.85 bits per heavy atom. The first kappa shape index (κ1) is 16.4. The van der Waals surface area contributed by atoms with Gasteiger partial charge in [-0.1, -0.05) is 12.1 Å². The third-order valence-corrected chi connectivity index (χ3v) is 4.31. The van der Waals surface area contributed by atoms with Crippen molar-refractivity contribution >= 4 is 5.91 Å². The van der Waals surface area contributed by atoms with E-state index >= 15 is 0 Å². The molecule has 0 radical (unpaired) electrons. The van der Waals surface area contributed by atoms with Crippen LogP contribution in [0.2, 0.25) is 0 Å². The number of pyridine rings is 1. The number of halogens is 1. The third-order valence-electron chi connectivity index (χ3n) is 4.31. The second kappa shape index (κ2) is 7.03. The number of aromatic nitrogens is 4. The highest BCUT2D eigenvalue weighted by molar-refractivity contribution is 5.94. The van der Waals surface area contributed by atoms with Crippen molar-refractivity contribution < 1.29 is 9.18 Å². The average molecular weight is 351 g/mol. The molecule has 1 aliphatic rings. The van der Waals surface area contributed by atoms with Crippen molar-refractivity contribution in [3.63, 3.8) is 0 Å². The molecule has 6 nitrogen and oxygen atoms in total. The van der Waals surface area contributed by atoms with Gasteiger partial charge in [0, 0.05) is 30.6 Å². The first-order chi connectivity index (χ1) is 12.7. The molecule has 26 heavy (non-hydrogen) atoms. The Bertz CT molecular complexity index is 918. The second-order valence-electron chi connectivity index (χ2n) is 6.38. The van der Waals surface area contributed by atoms with Crippen molar-refractivity contribution in [2.24, 2.45) is 0 Å². The van der Waals surface area contributed by atoms with Gasteiger partial charge >= 0.3 is 0 Å². The molecule has 1 aromatic carbocycles. The van der Waals surface area contributed by atoms with Crippen molar-refractivity contribution in [3.05, 3.63) is 65.6 Å². The summed E-state index contributed by atoms with van der Waals surface area (Å²) in [6.45, 7) is 0.462. The summed E-state index contributed by atoms with van der Waals surface area (Å²) in [6, 6.07) is 9.59. The topological polar surface area (TPSA) is 83.6 Å². The van der Waals surface area contributed by atoms with Gasteiger partial charge in [0.05, 0.1) is 11.3 Å². The summed E-state index contributed by atoms with van der Waals surface area (Å²) in [7, 11) is 0. The van der Waals surface area contributed by atoms with Crippen molar-refractivity contribution in [1.29, 1.82) is 0 Å². The molecule has 7 heteroatoms. The van der Waals surface area contributed by atoms with Gasteiger partial charge in [-0.15, -0.1) is 10.2 Å². The van der Waals surface area contributed by atoms with E-state index in [4.69, 9.17) is 0 Å². The minimum Gasteiger partial charge on any atom is -0.352 e. The van der Waals surface area contributed by atoms with Crippen molar-refractivity contribution in [2.75, 3.05) is 6.54 Å². The molecule has 1 aliphatic carbocycles. The normalized spacial score (nSPS) is 13.6. The molecule has 2 N–H and O–H groups in total. The monoisotopic (exact) mass is 351 g/mol. The summed E-state index contributed by atoms with van der Waals surface area (Å²) in [6.07, 6.45) is 4.43. The number of carbonyl (C=O) groups excluding carboxylic acids is 1. The number of hydrogen-bond acceptors (Lipinski definition) is 4. The van der Waals surface area contributed by atoms with Crippen LogP contribution >= 0.6 is 0 Å². The van der Waals surface area contributed by atoms with Crippen LogP contribution < -0.4 is 5.32 Å². The number of aromatic amines is 1. The summed E-state index contributed by atoms with van der Waals surface area (Å²) in [5, 5.41) is 11.1. The number of benzene rings is 1. The van der Waals surface area contributed by atoms with Crippen LogP contribution in [-0.4, -0.2) is 32.6 Å². The van der Waals surface area contributed by atoms with E-state index in [9.17, 15) is 9.18 Å². The van der Waals surface area contributed by atoms with Crippen LogP contribution in [0, 0.1) is 5.82 Å². The van der Waals surface area contributed by atoms with E-state index in [2.05, 4.69) is 25.5 Å². The molecule has 1 amide bonds. The molecule has 1 saturated carbocycles. The maximum atomic E-state index is 13.3. The fraction of sp³-hybridized carbons (Fsp3) is 0.263. The summed E-state index contributed by atoms with van der Waals surface area (Å²) < 4.78 is 13.3. The van der Waals surface area contributed by atoms with Gasteiger partial charge < -0.3 is 10.3 Å². The molecule has 2 heterocycles. The largest absolute Gasteiger partial charge is 0.352 e. The van der Waals surface area contributed by atoms with E-state index in [1.807, 2.05) is 0 Å². The molecule has 3 aromatic rings. The molecule has 132 valence electrons. The fourth-order valence-electron chi connectivity index (χ4n) is 2.71. The van der Waals surface area contributed by atoms with E-state index < -0.39 is 0 Å². The molecular weight excluding hydrogens is 333 g/mol. The number of nitrogens with zero attached hydrogens (tertiary/aromatic N) is 3. The molecule has 0 unspecified atom stereocenters. The Morgan fingerprint density at radius 1 is 1.23 bits per heavy atom. The molecule has 4 rings (SSSR count). The van der Waals surface area contributed by atoms with Gasteiger partial charge in [0.15, 0.2) is 0 Å². The Balaban J connectivity index is 1.32. The zero-order chi connectivity index (χ0) is 17.9. The fourth-order valence-corrected chi connectivity index (χ4v) is 2.71. The highest BCUT2D eigenvalue weighted by atomic mass is 19.1. The Hall–Kier alpha value is -3.09. The maximum Gasteiger partial charge on any atom is 0.252 e. The Labute approximate surface area is 149 Å². The van der Waals surface area contributed by atoms with E-state index in [1.54, 1.807) is 24.3 Å². The number of rotatable bonds is 6. The minimum atomic E-state index is -0.316. The number of nitrogens with one attached hydrogen (secondary N) is 2. The van der Waals surface area contributed by atoms with Gasteiger partial charge in [-0.3, -0.25) is 9.78 Å². The molecule has 1 fully saturated rings. The molecule has 0 aliphatic heterocycles. The molecule has 2 aromatic heterocycles. The molecule has 0 bridgehead atoms. The van der Waals surface area contributed by atoms with Crippen molar-refractivity contribution in [1.82, 2.24) is 25.5 Å². The van der Waals surface area contributed by atoms with Gasteiger partial charge in [-0.05, 0) is 37.1 Å². The summed E-state index contributed by atoms with van der Waals surface area (Å²) in [5.74, 6) is 1.75. The lowest BCUT2D eigenvalue weighted by Crippen LogP contribution is -2.26. The number of H-pyrrole nitrogens is 1. The van der Waals surface area contributed by atoms with Crippen LogP contribution in [-0.2, 0) is 6.42 Å². The minimum absolute atomic E-state index is 0.203. The standard InChI is InChI=1S/C19H18FN5O/c20-15-3-1-2-13(10-15)16-7-6-14(11-22-16)19(26)21-9-8-17-23-18(25-24-17)12-4-5-12/h1-3,6-7,10-12H,4-5,8-9H2,(H,21,26)(H,23,24,25). The number of carbonyl (C=O) groups is 1. The summed E-state index contributed by atoms with van der Waals surface area (Å²) >= 11 is 0. The van der Waals surface area contributed by atoms with E-state index in [-0.39, 0.29) is 11.7 Å². The van der Waals surface area contributed by atoms with Crippen LogP contribution in [0.1, 0.15) is 40.8 Å². The highest BCUT2D eigenvalue weighted by Crippen LogP contribution is 2.37. The predicted molar refractivity (Wildman–Crippen MR) is 94.0 cm³/mol. The lowest BCUT2D eigenvalue weighted by molar-refractivity contribution is 0.0953. The van der Waals surface area contributed by atoms with Crippen LogP contribution in [0.5, 0.6) is 0 Å². The van der Waals surface area contributed by atoms with Gasteiger partial charge in [0.1, 0.15) is 17.5 Å². The highest BCUT2D eigenvalue weighted by Gasteiger charge is 2.27. The van der Waals surface area contributed by atoms with Crippen LogP contribution in [0.3, 0.4) is 0 Å². The zero-order valence-corrected chi connectivity index (χ0v) is 14.1. The van der Waals surface area contributed by atoms with Crippen LogP contribution in [0.4, 0.5) is 4.39 Å². The SMILES string of the molecule is O=C(NCCc1nnc(C2CC2)[nH]1)c1ccc(-c2cccc(F)c2)nc1. The average Bonchev–Trinajstić information content (AvgIpc) is 3.41. The van der Waals surface area contributed by atoms with Crippen LogP contribution in [0.25, 0.3) is 11.3 Å². The predicted octanol–water partition coefficient (Wildman–Crippen LogP) is 2.86. The molecule has 0 saturated heterocycles. The lowest BCUT2D eigenvalue weighted by Gasteiger charge is -2.05. The maximum absolute atomic E-state index is 13.3. The number of amides is 1. The quantitative estimate of drug-likeness (QED) is 0.715. The molecule has 0 atom stereocenters. The Morgan fingerprint density at radius 2 is 2.12 bits per heavy atom. The second-order valence-corrected chi connectivity index (χ2v) is 6.38. The van der Waals surface area contributed by atoms with E-state index in [0.717, 1.165) is 11.6 Å². The van der Waals surface area contributed by atoms with Gasteiger partial charge in [-0.25, -0.2) is 4.39 Å². The Kier molecular flexibility index (Phi) is 4.43. The van der Waals surface area contributed by atoms with Crippen molar-refractivity contribution in [3.8, 4) is 11.3 Å². The molecular formula is C19H18FN5O.